The molecule has 194 valence electrons. The number of hydrogen-bond donors (Lipinski definition) is 3. The maximum absolute atomic E-state index is 14.5. The van der Waals surface area contributed by atoms with E-state index in [1.54, 1.807) is 6.07 Å². The van der Waals surface area contributed by atoms with Crippen molar-refractivity contribution in [1.29, 1.82) is 0 Å². The highest BCUT2D eigenvalue weighted by atomic mass is 35.5. The number of nitrogens with zero attached hydrogens (tertiary/aromatic N) is 5. The molecular formula is C21H15ClF5N7O3. The van der Waals surface area contributed by atoms with Gasteiger partial charge in [0.1, 0.15) is 23.5 Å². The fraction of sp³-hybridized carbons (Fsp3) is 0.190. The van der Waals surface area contributed by atoms with Crippen LogP contribution in [-0.2, 0) is 11.3 Å². The van der Waals surface area contributed by atoms with Gasteiger partial charge in [-0.25, -0.2) is 14.4 Å². The van der Waals surface area contributed by atoms with Crippen molar-refractivity contribution in [3.63, 3.8) is 0 Å². The number of carbonyl (C=O) groups excluding carboxylic acids is 1. The van der Waals surface area contributed by atoms with Crippen LogP contribution < -0.4 is 11.1 Å². The molecule has 3 aromatic heterocycles. The van der Waals surface area contributed by atoms with Gasteiger partial charge in [-0.1, -0.05) is 35.0 Å². The average Bonchev–Trinajstić information content (AvgIpc) is 3.50. The Morgan fingerprint density at radius 1 is 1.16 bits per heavy atom. The molecule has 0 radical (unpaired) electrons. The lowest BCUT2D eigenvalue weighted by Crippen LogP contribution is -2.59. The van der Waals surface area contributed by atoms with Crippen LogP contribution in [0.3, 0.4) is 0 Å². The molecule has 4 aromatic rings. The molecule has 37 heavy (non-hydrogen) atoms. The molecule has 0 saturated heterocycles. The van der Waals surface area contributed by atoms with E-state index < -0.39 is 46.8 Å². The number of nitrogens with two attached hydrogens (primary N) is 1. The summed E-state index contributed by atoms with van der Waals surface area (Å²) in [4.78, 5) is 18.8. The number of alkyl halides is 3. The number of primary amides is 1. The van der Waals surface area contributed by atoms with Crippen LogP contribution in [-0.4, -0.2) is 54.2 Å². The Morgan fingerprint density at radius 3 is 2.51 bits per heavy atom. The normalized spacial score (nSPS) is 13.4. The maximum Gasteiger partial charge on any atom is 0.428 e. The molecule has 0 bridgehead atoms. The first-order chi connectivity index (χ1) is 17.4. The summed E-state index contributed by atoms with van der Waals surface area (Å²) in [6.07, 6.45) is -4.19. The number of nitrogens with one attached hydrogen (secondary N) is 1. The summed E-state index contributed by atoms with van der Waals surface area (Å²) < 4.78 is 74.5. The predicted molar refractivity (Wildman–Crippen MR) is 118 cm³/mol. The molecule has 16 heteroatoms. The number of aliphatic hydroxyl groups is 1. The zero-order valence-electron chi connectivity index (χ0n) is 18.3. The number of benzene rings is 1. The molecule has 0 aliphatic heterocycles. The molecule has 0 fully saturated rings. The van der Waals surface area contributed by atoms with Gasteiger partial charge in [-0.3, -0.25) is 9.48 Å². The molecule has 1 amide bonds. The summed E-state index contributed by atoms with van der Waals surface area (Å²) in [6.45, 7) is -1.65. The van der Waals surface area contributed by atoms with Crippen LogP contribution in [0.4, 0.5) is 27.8 Å². The van der Waals surface area contributed by atoms with Gasteiger partial charge in [0.15, 0.2) is 16.8 Å². The summed E-state index contributed by atoms with van der Waals surface area (Å²) >= 11 is 5.81. The number of rotatable bonds is 8. The first kappa shape index (κ1) is 26.0. The van der Waals surface area contributed by atoms with E-state index in [9.17, 15) is 31.9 Å². The smallest absolute Gasteiger partial charge is 0.371 e. The summed E-state index contributed by atoms with van der Waals surface area (Å²) in [5, 5.41) is 18.9. The Hall–Kier alpha value is -4.11. The number of halogens is 6. The van der Waals surface area contributed by atoms with E-state index >= 15 is 0 Å². The number of aromatic nitrogens is 5. The molecule has 4 rings (SSSR count). The maximum atomic E-state index is 14.5. The van der Waals surface area contributed by atoms with E-state index in [0.29, 0.717) is 11.4 Å². The third kappa shape index (κ3) is 5.08. The molecule has 0 aliphatic carbocycles. The van der Waals surface area contributed by atoms with Crippen molar-refractivity contribution >= 4 is 23.3 Å². The van der Waals surface area contributed by atoms with Gasteiger partial charge in [0.2, 0.25) is 5.82 Å². The molecule has 0 aliphatic rings. The van der Waals surface area contributed by atoms with E-state index in [4.69, 9.17) is 21.9 Å². The Balaban J connectivity index is 1.73. The van der Waals surface area contributed by atoms with Crippen molar-refractivity contribution in [3.8, 4) is 22.9 Å². The Bertz CT molecular complexity index is 1450. The average molecular weight is 544 g/mol. The SMILES string of the molecule is NC(=O)C(O)(CNc1nc(-c2cc(-c3ccon3)n(Cc3ccccc3F)n2)nc(Cl)c1F)C(F)(F)F. The van der Waals surface area contributed by atoms with Gasteiger partial charge in [0.25, 0.3) is 11.5 Å². The Labute approximate surface area is 208 Å². The van der Waals surface area contributed by atoms with Crippen LogP contribution in [0.1, 0.15) is 5.56 Å². The predicted octanol–water partition coefficient (Wildman–Crippen LogP) is 3.17. The zero-order valence-corrected chi connectivity index (χ0v) is 19.1. The lowest BCUT2D eigenvalue weighted by Gasteiger charge is -2.27. The van der Waals surface area contributed by atoms with E-state index in [0.717, 1.165) is 0 Å². The van der Waals surface area contributed by atoms with Gasteiger partial charge in [-0.2, -0.15) is 22.7 Å². The molecule has 0 spiro atoms. The number of hydrogen-bond acceptors (Lipinski definition) is 8. The number of carbonyl (C=O) groups is 1. The van der Waals surface area contributed by atoms with E-state index in [1.165, 1.54) is 41.3 Å². The van der Waals surface area contributed by atoms with E-state index in [-0.39, 0.29) is 23.6 Å². The molecule has 3 heterocycles. The standard InChI is InChI=1S/C21H15ClF5N7O3/c22-16-15(24)18(29-9-20(36,19(28)35)21(25,26)27)31-17(30-16)13-7-14(12-5-6-37-33-12)34(32-13)8-10-3-1-2-4-11(10)23/h1-7,36H,8-9H2,(H2,28,35)(H,29,30,31). The highest BCUT2D eigenvalue weighted by Gasteiger charge is 2.58. The zero-order chi connectivity index (χ0) is 27.0. The molecule has 1 atom stereocenters. The highest BCUT2D eigenvalue weighted by Crippen LogP contribution is 2.32. The minimum Gasteiger partial charge on any atom is -0.371 e. The quantitative estimate of drug-likeness (QED) is 0.227. The third-order valence-corrected chi connectivity index (χ3v) is 5.44. The summed E-state index contributed by atoms with van der Waals surface area (Å²) in [5.74, 6) is -5.20. The highest BCUT2D eigenvalue weighted by molar-refractivity contribution is 6.29. The van der Waals surface area contributed by atoms with Crippen molar-refractivity contribution in [2.75, 3.05) is 11.9 Å². The van der Waals surface area contributed by atoms with Crippen molar-refractivity contribution < 1.29 is 36.4 Å². The van der Waals surface area contributed by atoms with Crippen LogP contribution >= 0.6 is 11.6 Å². The van der Waals surface area contributed by atoms with E-state index in [2.05, 4.69) is 20.2 Å². The van der Waals surface area contributed by atoms with Gasteiger partial charge >= 0.3 is 6.18 Å². The molecule has 1 aromatic carbocycles. The summed E-state index contributed by atoms with van der Waals surface area (Å²) in [6, 6.07) is 8.79. The molecule has 10 nitrogen and oxygen atoms in total. The molecule has 4 N–H and O–H groups in total. The van der Waals surface area contributed by atoms with Crippen molar-refractivity contribution in [2.45, 2.75) is 18.3 Å². The summed E-state index contributed by atoms with van der Waals surface area (Å²) in [5.41, 5.74) is 1.49. The second-order valence-electron chi connectivity index (χ2n) is 7.63. The third-order valence-electron chi connectivity index (χ3n) is 5.19. The first-order valence-corrected chi connectivity index (χ1v) is 10.6. The fourth-order valence-corrected chi connectivity index (χ4v) is 3.35. The van der Waals surface area contributed by atoms with Crippen LogP contribution in [0.15, 0.2) is 47.2 Å². The topological polar surface area (TPSA) is 145 Å². The van der Waals surface area contributed by atoms with E-state index in [1.807, 2.05) is 5.32 Å². The van der Waals surface area contributed by atoms with Gasteiger partial charge in [0.05, 0.1) is 18.8 Å². The van der Waals surface area contributed by atoms with Crippen molar-refractivity contribution in [1.82, 2.24) is 24.9 Å². The van der Waals surface area contributed by atoms with Gasteiger partial charge < -0.3 is 20.7 Å². The monoisotopic (exact) mass is 543 g/mol. The van der Waals surface area contributed by atoms with Crippen LogP contribution in [0.5, 0.6) is 0 Å². The minimum absolute atomic E-state index is 0.0414. The van der Waals surface area contributed by atoms with Crippen molar-refractivity contribution in [3.05, 3.63) is 65.0 Å². The number of anilines is 1. The number of amides is 1. The van der Waals surface area contributed by atoms with Gasteiger partial charge in [-0.15, -0.1) is 0 Å². The van der Waals surface area contributed by atoms with Crippen LogP contribution in [0, 0.1) is 11.6 Å². The second kappa shape index (κ2) is 9.74. The van der Waals surface area contributed by atoms with Gasteiger partial charge in [-0.05, 0) is 12.1 Å². The molecule has 0 saturated carbocycles. The largest absolute Gasteiger partial charge is 0.428 e. The second-order valence-corrected chi connectivity index (χ2v) is 7.98. The van der Waals surface area contributed by atoms with Gasteiger partial charge in [0, 0.05) is 11.6 Å². The lowest BCUT2D eigenvalue weighted by molar-refractivity contribution is -0.245. The minimum atomic E-state index is -5.47. The molecule has 1 unspecified atom stereocenters. The summed E-state index contributed by atoms with van der Waals surface area (Å²) in [7, 11) is 0. The molecular weight excluding hydrogens is 529 g/mol. The first-order valence-electron chi connectivity index (χ1n) is 10.2. The fourth-order valence-electron chi connectivity index (χ4n) is 3.18. The van der Waals surface area contributed by atoms with Crippen LogP contribution in [0.25, 0.3) is 22.9 Å². The van der Waals surface area contributed by atoms with Crippen LogP contribution in [0.2, 0.25) is 5.15 Å². The Kier molecular flexibility index (Phi) is 6.84. The Morgan fingerprint density at radius 2 is 1.89 bits per heavy atom. The van der Waals surface area contributed by atoms with Crippen molar-refractivity contribution in [2.24, 2.45) is 5.73 Å². The lowest BCUT2D eigenvalue weighted by atomic mass is 10.0.